The number of ether oxygens (including phenoxy) is 1. The molecule has 7 heteroatoms. The number of rotatable bonds is 5. The van der Waals surface area contributed by atoms with Gasteiger partial charge in [0.2, 0.25) is 0 Å². The maximum absolute atomic E-state index is 12.5. The number of aryl methyl sites for hydroxylation is 1. The Hall–Kier alpha value is -3.87. The Bertz CT molecular complexity index is 1120. The summed E-state index contributed by atoms with van der Waals surface area (Å²) in [6.45, 7) is 1.98. The van der Waals surface area contributed by atoms with Crippen LogP contribution in [0.25, 0.3) is 16.9 Å². The van der Waals surface area contributed by atoms with Crippen molar-refractivity contribution < 1.29 is 13.9 Å². The number of oxazole rings is 1. The molecule has 1 amide bonds. The minimum atomic E-state index is -0.410. The van der Waals surface area contributed by atoms with Gasteiger partial charge in [-0.2, -0.15) is 10.1 Å². The topological polar surface area (TPSA) is 82.2 Å². The molecule has 2 aromatic carbocycles. The predicted octanol–water partition coefficient (Wildman–Crippen LogP) is 4.10. The van der Waals surface area contributed by atoms with Gasteiger partial charge in [0.1, 0.15) is 23.4 Å². The first-order valence-electron chi connectivity index (χ1n) is 8.67. The monoisotopic (exact) mass is 374 g/mol. The highest BCUT2D eigenvalue weighted by Crippen LogP contribution is 2.24. The van der Waals surface area contributed by atoms with Crippen molar-refractivity contribution in [3.63, 3.8) is 0 Å². The van der Waals surface area contributed by atoms with Gasteiger partial charge in [0.05, 0.1) is 7.11 Å². The summed E-state index contributed by atoms with van der Waals surface area (Å²) in [5.74, 6) is 0.257. The van der Waals surface area contributed by atoms with Crippen LogP contribution in [0.3, 0.4) is 0 Å². The zero-order valence-corrected chi connectivity index (χ0v) is 15.4. The van der Waals surface area contributed by atoms with Crippen LogP contribution in [0.1, 0.15) is 16.1 Å². The van der Waals surface area contributed by atoms with Gasteiger partial charge in [-0.3, -0.25) is 10.1 Å². The number of carbonyl (C=O) groups is 1. The van der Waals surface area contributed by atoms with Crippen LogP contribution in [-0.2, 0) is 0 Å². The van der Waals surface area contributed by atoms with Crippen LogP contribution >= 0.6 is 0 Å². The third kappa shape index (κ3) is 3.50. The molecule has 7 nitrogen and oxygen atoms in total. The van der Waals surface area contributed by atoms with Crippen molar-refractivity contribution >= 4 is 11.9 Å². The van der Waals surface area contributed by atoms with E-state index < -0.39 is 5.91 Å². The van der Waals surface area contributed by atoms with Crippen molar-refractivity contribution in [3.8, 4) is 22.7 Å². The fraction of sp³-hybridized carbons (Fsp3) is 0.0952. The molecule has 0 aliphatic carbocycles. The third-order valence-corrected chi connectivity index (χ3v) is 4.20. The number of methoxy groups -OCH3 is 1. The Morgan fingerprint density at radius 1 is 1.14 bits per heavy atom. The van der Waals surface area contributed by atoms with Gasteiger partial charge in [-0.15, -0.1) is 0 Å². The molecule has 0 atom stereocenters. The second kappa shape index (κ2) is 7.40. The average molecular weight is 374 g/mol. The highest BCUT2D eigenvalue weighted by Gasteiger charge is 2.15. The highest BCUT2D eigenvalue weighted by molar-refractivity contribution is 6.01. The zero-order chi connectivity index (χ0) is 19.5. The first-order chi connectivity index (χ1) is 13.6. The summed E-state index contributed by atoms with van der Waals surface area (Å²) < 4.78 is 12.3. The smallest absolute Gasteiger partial charge is 0.302 e. The average Bonchev–Trinajstić information content (AvgIpc) is 3.38. The lowest BCUT2D eigenvalue weighted by Gasteiger charge is -2.09. The number of anilines is 1. The highest BCUT2D eigenvalue weighted by atomic mass is 16.5. The molecule has 0 fully saturated rings. The Morgan fingerprint density at radius 3 is 2.75 bits per heavy atom. The van der Waals surface area contributed by atoms with Crippen LogP contribution in [0, 0.1) is 6.92 Å². The van der Waals surface area contributed by atoms with Gasteiger partial charge in [-0.25, -0.2) is 4.68 Å². The van der Waals surface area contributed by atoms with E-state index in [-0.39, 0.29) is 11.7 Å². The second-order valence-electron chi connectivity index (χ2n) is 6.18. The first-order valence-corrected chi connectivity index (χ1v) is 8.67. The van der Waals surface area contributed by atoms with E-state index in [1.165, 1.54) is 6.26 Å². The maximum atomic E-state index is 12.5. The number of hydrogen-bond acceptors (Lipinski definition) is 5. The SMILES string of the molecule is COc1ccc(C)cc1-n1ccc(C(=O)Nc2nc(-c3ccccc3)co2)n1. The van der Waals surface area contributed by atoms with Gasteiger partial charge in [-0.1, -0.05) is 36.4 Å². The van der Waals surface area contributed by atoms with E-state index in [2.05, 4.69) is 15.4 Å². The van der Waals surface area contributed by atoms with Crippen LogP contribution in [0.5, 0.6) is 5.75 Å². The third-order valence-electron chi connectivity index (χ3n) is 4.20. The van der Waals surface area contributed by atoms with Crippen molar-refractivity contribution in [2.24, 2.45) is 0 Å². The molecule has 2 aromatic heterocycles. The number of nitrogens with zero attached hydrogens (tertiary/aromatic N) is 3. The molecule has 0 saturated carbocycles. The summed E-state index contributed by atoms with van der Waals surface area (Å²) >= 11 is 0. The summed E-state index contributed by atoms with van der Waals surface area (Å²) in [5, 5.41) is 6.98. The van der Waals surface area contributed by atoms with Crippen molar-refractivity contribution in [3.05, 3.63) is 78.3 Å². The molecule has 0 unspecified atom stereocenters. The van der Waals surface area contributed by atoms with Gasteiger partial charge in [0.15, 0.2) is 5.69 Å². The minimum absolute atomic E-state index is 0.117. The lowest BCUT2D eigenvalue weighted by atomic mass is 10.2. The molecule has 0 aliphatic heterocycles. The molecule has 0 spiro atoms. The number of benzene rings is 2. The fourth-order valence-corrected chi connectivity index (χ4v) is 2.79. The van der Waals surface area contributed by atoms with Crippen molar-refractivity contribution in [1.82, 2.24) is 14.8 Å². The predicted molar refractivity (Wildman–Crippen MR) is 105 cm³/mol. The van der Waals surface area contributed by atoms with E-state index in [0.717, 1.165) is 16.8 Å². The van der Waals surface area contributed by atoms with Crippen LogP contribution in [-0.4, -0.2) is 27.8 Å². The lowest BCUT2D eigenvalue weighted by Crippen LogP contribution is -2.13. The zero-order valence-electron chi connectivity index (χ0n) is 15.4. The second-order valence-corrected chi connectivity index (χ2v) is 6.18. The maximum Gasteiger partial charge on any atom is 0.302 e. The van der Waals surface area contributed by atoms with Crippen LogP contribution in [0.4, 0.5) is 6.01 Å². The molecule has 4 aromatic rings. The molecule has 0 aliphatic rings. The van der Waals surface area contributed by atoms with Gasteiger partial charge in [0.25, 0.3) is 5.91 Å². The number of aromatic nitrogens is 3. The molecule has 28 heavy (non-hydrogen) atoms. The molecule has 0 saturated heterocycles. The Labute approximate surface area is 161 Å². The molecule has 0 bridgehead atoms. The number of hydrogen-bond donors (Lipinski definition) is 1. The summed E-state index contributed by atoms with van der Waals surface area (Å²) in [6.07, 6.45) is 3.21. The fourth-order valence-electron chi connectivity index (χ4n) is 2.79. The number of nitrogens with one attached hydrogen (secondary N) is 1. The standard InChI is InChI=1S/C21H18N4O3/c1-14-8-9-19(27-2)18(12-14)25-11-10-16(24-25)20(26)23-21-22-17(13-28-21)15-6-4-3-5-7-15/h3-13H,1-2H3,(H,22,23,26). The molecular weight excluding hydrogens is 356 g/mol. The molecule has 140 valence electrons. The van der Waals surface area contributed by atoms with E-state index in [9.17, 15) is 4.79 Å². The van der Waals surface area contributed by atoms with E-state index in [0.29, 0.717) is 11.4 Å². The van der Waals surface area contributed by atoms with Gasteiger partial charge < -0.3 is 9.15 Å². The van der Waals surface area contributed by atoms with Crippen LogP contribution in [0.15, 0.2) is 71.5 Å². The first kappa shape index (κ1) is 17.5. The molecular formula is C21H18N4O3. The van der Waals surface area contributed by atoms with Gasteiger partial charge >= 0.3 is 6.01 Å². The van der Waals surface area contributed by atoms with Gasteiger partial charge in [0, 0.05) is 11.8 Å². The Balaban J connectivity index is 1.53. The molecule has 1 N–H and O–H groups in total. The normalized spacial score (nSPS) is 10.6. The van der Waals surface area contributed by atoms with E-state index >= 15 is 0 Å². The minimum Gasteiger partial charge on any atom is -0.494 e. The van der Waals surface area contributed by atoms with Gasteiger partial charge in [-0.05, 0) is 30.7 Å². The lowest BCUT2D eigenvalue weighted by molar-refractivity contribution is 0.101. The summed E-state index contributed by atoms with van der Waals surface area (Å²) in [7, 11) is 1.60. The number of amides is 1. The van der Waals surface area contributed by atoms with Crippen LogP contribution < -0.4 is 10.1 Å². The van der Waals surface area contributed by atoms with Crippen LogP contribution in [0.2, 0.25) is 0 Å². The quantitative estimate of drug-likeness (QED) is 0.569. The molecule has 2 heterocycles. The summed E-state index contributed by atoms with van der Waals surface area (Å²) in [5.41, 5.74) is 3.60. The molecule has 0 radical (unpaired) electrons. The molecule has 4 rings (SSSR count). The van der Waals surface area contributed by atoms with E-state index in [1.807, 2.05) is 55.5 Å². The number of carbonyl (C=O) groups excluding carboxylic acids is 1. The van der Waals surface area contributed by atoms with Crippen molar-refractivity contribution in [1.29, 1.82) is 0 Å². The van der Waals surface area contributed by atoms with Crippen molar-refractivity contribution in [2.75, 3.05) is 12.4 Å². The summed E-state index contributed by atoms with van der Waals surface area (Å²) in [6, 6.07) is 17.1. The summed E-state index contributed by atoms with van der Waals surface area (Å²) in [4.78, 5) is 16.8. The van der Waals surface area contributed by atoms with E-state index in [4.69, 9.17) is 9.15 Å². The Kier molecular flexibility index (Phi) is 4.63. The van der Waals surface area contributed by atoms with E-state index in [1.54, 1.807) is 24.1 Å². The largest absolute Gasteiger partial charge is 0.494 e. The van der Waals surface area contributed by atoms with Crippen molar-refractivity contribution in [2.45, 2.75) is 6.92 Å². The Morgan fingerprint density at radius 2 is 1.96 bits per heavy atom.